The van der Waals surface area contributed by atoms with Gasteiger partial charge in [0.1, 0.15) is 0 Å². The first-order chi connectivity index (χ1) is 26.1. The summed E-state index contributed by atoms with van der Waals surface area (Å²) in [4.78, 5) is 46.2. The SMILES string of the molecule is CC(C)(CO)[C@@H](OS(=O)(=O)CCCS(=O)(=O)O[C@@H](C(N)=O)C(C)(C)CO)C(N)=O.CC1(C)COC(=O)[C@@H]1OS(=O)(=O)CCCS(=O)(=O)O[C@H]1C(=O)OCC1(C)C.CN. The van der Waals surface area contributed by atoms with Crippen molar-refractivity contribution >= 4 is 64.2 Å². The van der Waals surface area contributed by atoms with E-state index in [-0.39, 0.29) is 19.6 Å². The summed E-state index contributed by atoms with van der Waals surface area (Å²) in [7, 11) is -15.6. The quantitative estimate of drug-likeness (QED) is 0.0547. The number of cyclic esters (lactones) is 2. The summed E-state index contributed by atoms with van der Waals surface area (Å²) in [5, 5.41) is 18.5. The molecule has 2 aliphatic heterocycles. The molecule has 0 aromatic rings. The van der Waals surface area contributed by atoms with Gasteiger partial charge in [-0.15, -0.1) is 0 Å². The van der Waals surface area contributed by atoms with Crippen molar-refractivity contribution in [3.63, 3.8) is 0 Å². The van der Waals surface area contributed by atoms with E-state index in [1.54, 1.807) is 27.7 Å². The Kier molecular flexibility index (Phi) is 20.3. The van der Waals surface area contributed by atoms with E-state index in [2.05, 4.69) is 5.73 Å². The van der Waals surface area contributed by atoms with Crippen LogP contribution < -0.4 is 17.2 Å². The second-order valence-corrected chi connectivity index (χ2v) is 22.8. The van der Waals surface area contributed by atoms with Gasteiger partial charge < -0.3 is 36.9 Å². The summed E-state index contributed by atoms with van der Waals surface area (Å²) in [6.07, 6.45) is -6.67. The second-order valence-electron chi connectivity index (χ2n) is 16.0. The van der Waals surface area contributed by atoms with Gasteiger partial charge in [0.05, 0.1) is 49.4 Å². The van der Waals surface area contributed by atoms with Gasteiger partial charge in [0.15, 0.2) is 24.4 Å². The molecule has 2 fully saturated rings. The fraction of sp³-hybridized carbons (Fsp3) is 0.871. The van der Waals surface area contributed by atoms with Crippen LogP contribution in [0.1, 0.15) is 68.2 Å². The zero-order valence-corrected chi connectivity index (χ0v) is 37.3. The van der Waals surface area contributed by atoms with Gasteiger partial charge in [-0.2, -0.15) is 33.7 Å². The lowest BCUT2D eigenvalue weighted by Crippen LogP contribution is -2.47. The lowest BCUT2D eigenvalue weighted by atomic mass is 9.87. The average molecular weight is 922 g/mol. The fourth-order valence-corrected chi connectivity index (χ4v) is 9.99. The molecular formula is C31H59N3O20S4. The van der Waals surface area contributed by atoms with Gasteiger partial charge in [0.2, 0.25) is 11.8 Å². The van der Waals surface area contributed by atoms with E-state index < -0.39 is 153 Å². The van der Waals surface area contributed by atoms with E-state index in [0.29, 0.717) is 0 Å². The van der Waals surface area contributed by atoms with Crippen molar-refractivity contribution in [2.24, 2.45) is 38.9 Å². The van der Waals surface area contributed by atoms with Crippen LogP contribution in [0.25, 0.3) is 0 Å². The molecule has 2 saturated heterocycles. The number of hydrogen-bond acceptors (Lipinski definition) is 21. The molecule has 58 heavy (non-hydrogen) atoms. The average Bonchev–Trinajstić information content (AvgIpc) is 3.49. The molecule has 8 N–H and O–H groups in total. The number of amides is 2. The number of primary amides is 2. The van der Waals surface area contributed by atoms with Gasteiger partial charge in [0, 0.05) is 21.7 Å². The molecule has 0 bridgehead atoms. The minimum Gasteiger partial charge on any atom is -0.463 e. The van der Waals surface area contributed by atoms with E-state index >= 15 is 0 Å². The lowest BCUT2D eigenvalue weighted by molar-refractivity contribution is -0.144. The number of rotatable bonds is 22. The summed E-state index contributed by atoms with van der Waals surface area (Å²) in [6, 6.07) is 0. The largest absolute Gasteiger partial charge is 0.463 e. The van der Waals surface area contributed by atoms with Crippen molar-refractivity contribution in [1.29, 1.82) is 0 Å². The zero-order valence-electron chi connectivity index (χ0n) is 34.0. The van der Waals surface area contributed by atoms with E-state index in [1.807, 2.05) is 0 Å². The third-order valence-corrected chi connectivity index (χ3v) is 13.4. The first kappa shape index (κ1) is 55.4. The summed E-state index contributed by atoms with van der Waals surface area (Å²) in [6.45, 7) is 10.8. The minimum absolute atomic E-state index is 0.0293. The summed E-state index contributed by atoms with van der Waals surface area (Å²) in [5.74, 6) is -6.64. The Bertz CT molecular complexity index is 1740. The topological polar surface area (TPSA) is 379 Å². The molecule has 0 aliphatic carbocycles. The van der Waals surface area contributed by atoms with E-state index in [4.69, 9.17) is 37.7 Å². The van der Waals surface area contributed by atoms with Crippen LogP contribution >= 0.6 is 0 Å². The summed E-state index contributed by atoms with van der Waals surface area (Å²) >= 11 is 0. The highest BCUT2D eigenvalue weighted by molar-refractivity contribution is 7.88. The molecule has 0 unspecified atom stereocenters. The van der Waals surface area contributed by atoms with Gasteiger partial charge in [-0.1, -0.05) is 55.4 Å². The lowest BCUT2D eigenvalue weighted by Gasteiger charge is -2.29. The Morgan fingerprint density at radius 2 is 0.897 bits per heavy atom. The first-order valence-corrected chi connectivity index (χ1v) is 23.7. The van der Waals surface area contributed by atoms with Gasteiger partial charge in [-0.3, -0.25) is 26.3 Å². The van der Waals surface area contributed by atoms with Crippen LogP contribution in [-0.4, -0.2) is 149 Å². The molecule has 0 spiro atoms. The molecule has 0 aromatic heterocycles. The van der Waals surface area contributed by atoms with Crippen LogP contribution in [0.2, 0.25) is 0 Å². The smallest absolute Gasteiger partial charge is 0.337 e. The highest BCUT2D eigenvalue weighted by Gasteiger charge is 2.49. The number of aliphatic hydroxyl groups excluding tert-OH is 2. The Balaban J connectivity index is 0.00000108. The van der Waals surface area contributed by atoms with Gasteiger partial charge in [0.25, 0.3) is 40.5 Å². The normalized spacial score (nSPS) is 20.7. The number of esters is 2. The monoisotopic (exact) mass is 921 g/mol. The number of hydrogen-bond donors (Lipinski definition) is 5. The molecule has 342 valence electrons. The van der Waals surface area contributed by atoms with Crippen LogP contribution in [-0.2, 0) is 85.9 Å². The summed E-state index contributed by atoms with van der Waals surface area (Å²) < 4.78 is 126. The van der Waals surface area contributed by atoms with Gasteiger partial charge >= 0.3 is 11.9 Å². The third-order valence-electron chi connectivity index (χ3n) is 8.32. The maximum atomic E-state index is 12.1. The Hall–Kier alpha value is -2.60. The van der Waals surface area contributed by atoms with Crippen molar-refractivity contribution in [3.8, 4) is 0 Å². The number of aliphatic hydroxyl groups is 2. The van der Waals surface area contributed by atoms with Crippen LogP contribution in [0.3, 0.4) is 0 Å². The zero-order chi connectivity index (χ0) is 45.9. The van der Waals surface area contributed by atoms with E-state index in [1.165, 1.54) is 34.7 Å². The molecule has 2 aliphatic rings. The van der Waals surface area contributed by atoms with Gasteiger partial charge in [-0.25, -0.2) is 9.59 Å². The van der Waals surface area contributed by atoms with Crippen molar-refractivity contribution in [3.05, 3.63) is 0 Å². The maximum Gasteiger partial charge on any atom is 0.337 e. The fourth-order valence-electron chi connectivity index (χ4n) is 4.69. The second kappa shape index (κ2) is 21.3. The molecule has 0 saturated carbocycles. The minimum atomic E-state index is -4.38. The maximum absolute atomic E-state index is 12.1. The van der Waals surface area contributed by atoms with Crippen molar-refractivity contribution in [2.45, 2.75) is 92.6 Å². The van der Waals surface area contributed by atoms with Crippen LogP contribution in [0.4, 0.5) is 0 Å². The standard InChI is InChI=1S/C15H30N2O10S2.C15H24O10S2.CH5N/c1-14(2,8-18)10(12(16)20)26-28(22,23)6-5-7-29(24,25)27-11(13(17)21)15(3,4)9-19;1-14(2)8-22-12(16)10(14)24-26(18,19)6-5-7-27(20,21)25-11-13(17)23-9-15(11,3)4;1-2/h10-11,18-19H,5-9H2,1-4H3,(H2,16,20)(H2,17,21);10-11H,5-9H2,1-4H3;2H2,1H3/t2*10-,11-;/m00./s1. The predicted molar refractivity (Wildman–Crippen MR) is 204 cm³/mol. The molecule has 2 rings (SSSR count). The van der Waals surface area contributed by atoms with E-state index in [0.717, 1.165) is 0 Å². The molecule has 2 amide bonds. The van der Waals surface area contributed by atoms with E-state index in [9.17, 15) is 63.1 Å². The molecular weight excluding hydrogens is 863 g/mol. The molecule has 0 radical (unpaired) electrons. The molecule has 0 aromatic carbocycles. The van der Waals surface area contributed by atoms with Crippen LogP contribution in [0.5, 0.6) is 0 Å². The van der Waals surface area contributed by atoms with Crippen LogP contribution in [0.15, 0.2) is 0 Å². The Morgan fingerprint density at radius 3 is 1.10 bits per heavy atom. The molecule has 2 heterocycles. The van der Waals surface area contributed by atoms with Crippen molar-refractivity contribution < 1.29 is 89.3 Å². The first-order valence-electron chi connectivity index (χ1n) is 17.4. The highest BCUT2D eigenvalue weighted by Crippen LogP contribution is 2.34. The summed E-state index contributed by atoms with van der Waals surface area (Å²) in [5.41, 5.74) is 10.5. The number of ether oxygens (including phenoxy) is 2. The van der Waals surface area contributed by atoms with Crippen molar-refractivity contribution in [2.75, 3.05) is 56.5 Å². The molecule has 27 heteroatoms. The predicted octanol–water partition coefficient (Wildman–Crippen LogP) is -2.64. The Labute approximate surface area is 340 Å². The number of nitrogens with two attached hydrogens (primary N) is 3. The Morgan fingerprint density at radius 1 is 0.638 bits per heavy atom. The number of carbonyl (C=O) groups excluding carboxylic acids is 4. The van der Waals surface area contributed by atoms with Crippen LogP contribution in [0, 0.1) is 21.7 Å². The van der Waals surface area contributed by atoms with Crippen molar-refractivity contribution in [1.82, 2.24) is 0 Å². The molecule has 23 nitrogen and oxygen atoms in total. The van der Waals surface area contributed by atoms with Gasteiger partial charge in [-0.05, 0) is 19.9 Å². The number of carbonyl (C=O) groups is 4. The highest BCUT2D eigenvalue weighted by atomic mass is 32.2. The third kappa shape index (κ3) is 17.6. The molecule has 4 atom stereocenters.